The van der Waals surface area contributed by atoms with E-state index in [1.165, 1.54) is 12.8 Å². The van der Waals surface area contributed by atoms with Crippen molar-refractivity contribution in [1.29, 1.82) is 0 Å². The second-order valence-corrected chi connectivity index (χ2v) is 6.88. The van der Waals surface area contributed by atoms with Crippen LogP contribution in [0.1, 0.15) is 55.8 Å². The maximum Gasteiger partial charge on any atom is 0.308 e. The van der Waals surface area contributed by atoms with Crippen molar-refractivity contribution in [3.63, 3.8) is 0 Å². The van der Waals surface area contributed by atoms with Crippen LogP contribution in [0.15, 0.2) is 24.3 Å². The maximum atomic E-state index is 12.8. The highest BCUT2D eigenvalue weighted by Gasteiger charge is 2.35. The van der Waals surface area contributed by atoms with Gasteiger partial charge in [-0.2, -0.15) is 0 Å². The van der Waals surface area contributed by atoms with Gasteiger partial charge < -0.3 is 14.7 Å². The predicted molar refractivity (Wildman–Crippen MR) is 90.2 cm³/mol. The van der Waals surface area contributed by atoms with Crippen molar-refractivity contribution in [2.24, 2.45) is 5.92 Å². The standard InChI is InChI=1S/C19H25NO4/c1-13-17(19(22)23)10-5-11-20(13)18(21)14-6-4-9-16(12-14)24-15-7-2-3-8-15/h4,6,9,12-13,15,17H,2-3,5,7-8,10-11H2,1H3,(H,22,23)/t13-,17-/m1/s1. The number of hydrogen-bond donors (Lipinski definition) is 1. The van der Waals surface area contributed by atoms with Crippen molar-refractivity contribution in [3.05, 3.63) is 29.8 Å². The van der Waals surface area contributed by atoms with E-state index in [4.69, 9.17) is 4.74 Å². The number of hydrogen-bond acceptors (Lipinski definition) is 3. The molecule has 1 aromatic rings. The summed E-state index contributed by atoms with van der Waals surface area (Å²) in [5.41, 5.74) is 0.573. The number of nitrogens with zero attached hydrogens (tertiary/aromatic N) is 1. The quantitative estimate of drug-likeness (QED) is 0.919. The van der Waals surface area contributed by atoms with Gasteiger partial charge >= 0.3 is 5.97 Å². The Morgan fingerprint density at radius 2 is 1.92 bits per heavy atom. The molecule has 130 valence electrons. The van der Waals surface area contributed by atoms with E-state index in [1.807, 2.05) is 19.1 Å². The van der Waals surface area contributed by atoms with Crippen molar-refractivity contribution >= 4 is 11.9 Å². The summed E-state index contributed by atoms with van der Waals surface area (Å²) in [7, 11) is 0. The number of amides is 1. The van der Waals surface area contributed by atoms with E-state index in [1.54, 1.807) is 17.0 Å². The lowest BCUT2D eigenvalue weighted by Crippen LogP contribution is -2.49. The summed E-state index contributed by atoms with van der Waals surface area (Å²) in [6.45, 7) is 2.44. The van der Waals surface area contributed by atoms with Crippen LogP contribution in [0.4, 0.5) is 0 Å². The Morgan fingerprint density at radius 1 is 1.17 bits per heavy atom. The summed E-state index contributed by atoms with van der Waals surface area (Å²) in [5, 5.41) is 9.32. The molecule has 2 aliphatic rings. The Kier molecular flexibility index (Phi) is 5.07. The van der Waals surface area contributed by atoms with Crippen LogP contribution >= 0.6 is 0 Å². The van der Waals surface area contributed by atoms with Crippen LogP contribution in [-0.4, -0.2) is 40.6 Å². The van der Waals surface area contributed by atoms with Crippen LogP contribution in [0.2, 0.25) is 0 Å². The van der Waals surface area contributed by atoms with Gasteiger partial charge in [-0.25, -0.2) is 0 Å². The first-order valence-electron chi connectivity index (χ1n) is 8.87. The van der Waals surface area contributed by atoms with E-state index in [9.17, 15) is 14.7 Å². The van der Waals surface area contributed by atoms with Gasteiger partial charge in [-0.1, -0.05) is 6.07 Å². The normalized spacial score (nSPS) is 24.8. The third kappa shape index (κ3) is 3.55. The SMILES string of the molecule is C[C@@H]1[C@H](C(=O)O)CCCN1C(=O)c1cccc(OC2CCCC2)c1. The molecule has 3 rings (SSSR count). The summed E-state index contributed by atoms with van der Waals surface area (Å²) in [4.78, 5) is 25.9. The van der Waals surface area contributed by atoms with Crippen LogP contribution in [0, 0.1) is 5.92 Å². The molecular formula is C19H25NO4. The predicted octanol–water partition coefficient (Wildman–Crippen LogP) is 3.33. The van der Waals surface area contributed by atoms with E-state index < -0.39 is 11.9 Å². The molecule has 1 saturated carbocycles. The summed E-state index contributed by atoms with van der Waals surface area (Å²) in [6.07, 6.45) is 6.15. The van der Waals surface area contributed by atoms with Crippen molar-refractivity contribution in [2.45, 2.75) is 57.6 Å². The molecule has 1 aromatic carbocycles. The number of piperidine rings is 1. The number of carbonyl (C=O) groups excluding carboxylic acids is 1. The molecule has 0 spiro atoms. The first-order valence-corrected chi connectivity index (χ1v) is 8.87. The molecule has 1 N–H and O–H groups in total. The van der Waals surface area contributed by atoms with Crippen molar-refractivity contribution in [1.82, 2.24) is 4.90 Å². The van der Waals surface area contributed by atoms with Gasteiger partial charge in [0.25, 0.3) is 5.91 Å². The molecule has 0 radical (unpaired) electrons. The topological polar surface area (TPSA) is 66.8 Å². The minimum absolute atomic E-state index is 0.106. The zero-order valence-corrected chi connectivity index (χ0v) is 14.1. The fourth-order valence-corrected chi connectivity index (χ4v) is 3.83. The molecule has 0 aromatic heterocycles. The van der Waals surface area contributed by atoms with Crippen LogP contribution in [0.3, 0.4) is 0 Å². The molecular weight excluding hydrogens is 306 g/mol. The van der Waals surface area contributed by atoms with Gasteiger partial charge in [-0.3, -0.25) is 9.59 Å². The molecule has 1 aliphatic heterocycles. The zero-order valence-electron chi connectivity index (χ0n) is 14.1. The van der Waals surface area contributed by atoms with Gasteiger partial charge in [0.05, 0.1) is 12.0 Å². The number of carboxylic acid groups (broad SMARTS) is 1. The first kappa shape index (κ1) is 16.8. The average molecular weight is 331 g/mol. The molecule has 24 heavy (non-hydrogen) atoms. The first-order chi connectivity index (χ1) is 11.6. The number of ether oxygens (including phenoxy) is 1. The van der Waals surface area contributed by atoms with E-state index in [-0.39, 0.29) is 18.1 Å². The Hall–Kier alpha value is -2.04. The molecule has 5 nitrogen and oxygen atoms in total. The van der Waals surface area contributed by atoms with Gasteiger partial charge in [-0.05, 0) is 63.6 Å². The van der Waals surface area contributed by atoms with E-state index in [0.29, 0.717) is 18.5 Å². The molecule has 5 heteroatoms. The van der Waals surface area contributed by atoms with Crippen LogP contribution < -0.4 is 4.74 Å². The molecule has 2 atom stereocenters. The molecule has 2 fully saturated rings. The Labute approximate surface area is 142 Å². The molecule has 1 amide bonds. The number of rotatable bonds is 4. The van der Waals surface area contributed by atoms with Crippen LogP contribution in [0.5, 0.6) is 5.75 Å². The molecule has 1 aliphatic carbocycles. The van der Waals surface area contributed by atoms with Crippen molar-refractivity contribution in [3.8, 4) is 5.75 Å². The summed E-state index contributed by atoms with van der Waals surface area (Å²) in [5.74, 6) is -0.684. The highest BCUT2D eigenvalue weighted by Crippen LogP contribution is 2.28. The Bertz CT molecular complexity index is 609. The van der Waals surface area contributed by atoms with Gasteiger partial charge in [0.1, 0.15) is 5.75 Å². The number of aliphatic carboxylic acids is 1. The number of carboxylic acids is 1. The lowest BCUT2D eigenvalue weighted by molar-refractivity contribution is -0.144. The third-order valence-electron chi connectivity index (χ3n) is 5.25. The number of carbonyl (C=O) groups is 2. The van der Waals surface area contributed by atoms with E-state index >= 15 is 0 Å². The van der Waals surface area contributed by atoms with Gasteiger partial charge in [0.15, 0.2) is 0 Å². The highest BCUT2D eigenvalue weighted by molar-refractivity contribution is 5.95. The fraction of sp³-hybridized carbons (Fsp3) is 0.579. The molecule has 0 unspecified atom stereocenters. The second-order valence-electron chi connectivity index (χ2n) is 6.88. The largest absolute Gasteiger partial charge is 0.490 e. The number of likely N-dealkylation sites (tertiary alicyclic amines) is 1. The average Bonchev–Trinajstić information content (AvgIpc) is 3.07. The van der Waals surface area contributed by atoms with Gasteiger partial charge in [-0.15, -0.1) is 0 Å². The summed E-state index contributed by atoms with van der Waals surface area (Å²) in [6, 6.07) is 7.00. The van der Waals surface area contributed by atoms with Crippen LogP contribution in [0.25, 0.3) is 0 Å². The van der Waals surface area contributed by atoms with Gasteiger partial charge in [0, 0.05) is 18.2 Å². The lowest BCUT2D eigenvalue weighted by atomic mass is 9.90. The smallest absolute Gasteiger partial charge is 0.308 e. The monoisotopic (exact) mass is 331 g/mol. The maximum absolute atomic E-state index is 12.8. The Balaban J connectivity index is 1.73. The van der Waals surface area contributed by atoms with E-state index in [0.717, 1.165) is 25.0 Å². The van der Waals surface area contributed by atoms with Crippen LogP contribution in [-0.2, 0) is 4.79 Å². The molecule has 1 saturated heterocycles. The zero-order chi connectivity index (χ0) is 17.1. The molecule has 0 bridgehead atoms. The fourth-order valence-electron chi connectivity index (χ4n) is 3.83. The minimum atomic E-state index is -0.821. The molecule has 1 heterocycles. The second kappa shape index (κ2) is 7.24. The minimum Gasteiger partial charge on any atom is -0.490 e. The van der Waals surface area contributed by atoms with Gasteiger partial charge in [0.2, 0.25) is 0 Å². The third-order valence-corrected chi connectivity index (χ3v) is 5.25. The highest BCUT2D eigenvalue weighted by atomic mass is 16.5. The lowest BCUT2D eigenvalue weighted by Gasteiger charge is -2.37. The Morgan fingerprint density at radius 3 is 2.62 bits per heavy atom. The number of benzene rings is 1. The summed E-state index contributed by atoms with van der Waals surface area (Å²) >= 11 is 0. The van der Waals surface area contributed by atoms with Crippen molar-refractivity contribution in [2.75, 3.05) is 6.54 Å². The van der Waals surface area contributed by atoms with E-state index in [2.05, 4.69) is 0 Å². The summed E-state index contributed by atoms with van der Waals surface area (Å²) < 4.78 is 5.97. The van der Waals surface area contributed by atoms with Crippen molar-refractivity contribution < 1.29 is 19.4 Å².